The molecule has 0 N–H and O–H groups in total. The molecule has 88 valence electrons. The second kappa shape index (κ2) is 7.94. The molecule has 0 unspecified atom stereocenters. The van der Waals surface area contributed by atoms with Gasteiger partial charge in [-0.2, -0.15) is 0 Å². The van der Waals surface area contributed by atoms with Gasteiger partial charge in [0.2, 0.25) is 0 Å². The van der Waals surface area contributed by atoms with Crippen LogP contribution in [0, 0.1) is 0 Å². The first-order chi connectivity index (χ1) is 6.97. The van der Waals surface area contributed by atoms with Crippen LogP contribution in [-0.2, 0) is 0 Å². The largest absolute Gasteiger partial charge is 0.377 e. The summed E-state index contributed by atoms with van der Waals surface area (Å²) in [5.41, 5.74) is 1.29. The van der Waals surface area contributed by atoms with Crippen LogP contribution in [0.3, 0.4) is 0 Å². The van der Waals surface area contributed by atoms with Crippen molar-refractivity contribution in [3.8, 4) is 0 Å². The highest BCUT2D eigenvalue weighted by molar-refractivity contribution is 9.11. The molecule has 0 radical (unpaired) electrons. The smallest absolute Gasteiger partial charge is 0.0299 e. The van der Waals surface area contributed by atoms with Crippen LogP contribution in [-0.4, -0.2) is 43.5 Å². The Kier molecular flexibility index (Phi) is 7.79. The Morgan fingerprint density at radius 3 is 2.20 bits per heavy atom. The van der Waals surface area contributed by atoms with E-state index < -0.39 is 0 Å². The predicted octanol–water partition coefficient (Wildman–Crippen LogP) is 3.07. The van der Waals surface area contributed by atoms with Gasteiger partial charge < -0.3 is 9.80 Å². The Balaban J connectivity index is 4.04. The fourth-order valence-corrected chi connectivity index (χ4v) is 1.15. The molecule has 0 aromatic rings. The van der Waals surface area contributed by atoms with Crippen molar-refractivity contribution >= 4 is 15.9 Å². The number of nitrogens with zero attached hydrogens (tertiary/aromatic N) is 2. The van der Waals surface area contributed by atoms with Gasteiger partial charge in [0.05, 0.1) is 0 Å². The van der Waals surface area contributed by atoms with E-state index in [4.69, 9.17) is 0 Å². The van der Waals surface area contributed by atoms with E-state index in [-0.39, 0.29) is 0 Å². The Bertz CT molecular complexity index is 230. The van der Waals surface area contributed by atoms with Gasteiger partial charge in [-0.15, -0.1) is 0 Å². The zero-order chi connectivity index (χ0) is 11.8. The second-order valence-corrected chi connectivity index (χ2v) is 5.13. The summed E-state index contributed by atoms with van der Waals surface area (Å²) < 4.78 is 1.15. The fourth-order valence-electron chi connectivity index (χ4n) is 1.02. The predicted molar refractivity (Wildman–Crippen MR) is 72.2 cm³/mol. The third kappa shape index (κ3) is 7.63. The summed E-state index contributed by atoms with van der Waals surface area (Å²) in [6.45, 7) is 9.64. The lowest BCUT2D eigenvalue weighted by Crippen LogP contribution is -2.29. The molecule has 0 aliphatic heterocycles. The summed E-state index contributed by atoms with van der Waals surface area (Å²) >= 11 is 3.42. The van der Waals surface area contributed by atoms with Crippen LogP contribution in [0.25, 0.3) is 0 Å². The summed E-state index contributed by atoms with van der Waals surface area (Å²) in [5.74, 6) is 0. The van der Waals surface area contributed by atoms with Crippen molar-refractivity contribution in [1.29, 1.82) is 0 Å². The van der Waals surface area contributed by atoms with Gasteiger partial charge >= 0.3 is 0 Å². The minimum Gasteiger partial charge on any atom is -0.377 e. The minimum atomic E-state index is 1.07. The van der Waals surface area contributed by atoms with Crippen LogP contribution in [0.5, 0.6) is 0 Å². The second-order valence-electron chi connectivity index (χ2n) is 3.88. The van der Waals surface area contributed by atoms with Gasteiger partial charge in [-0.1, -0.05) is 28.9 Å². The quantitative estimate of drug-likeness (QED) is 0.687. The summed E-state index contributed by atoms with van der Waals surface area (Å²) in [7, 11) is 4.28. The molecule has 2 nitrogen and oxygen atoms in total. The van der Waals surface area contributed by atoms with Gasteiger partial charge in [0.1, 0.15) is 0 Å². The molecule has 0 atom stereocenters. The normalized spacial score (nSPS) is 13.5. The molecule has 0 spiro atoms. The van der Waals surface area contributed by atoms with Crippen LogP contribution >= 0.6 is 15.9 Å². The monoisotopic (exact) mass is 274 g/mol. The lowest BCUT2D eigenvalue weighted by atomic mass is 10.3. The van der Waals surface area contributed by atoms with Crippen molar-refractivity contribution in [2.45, 2.75) is 20.8 Å². The number of rotatable bonds is 6. The van der Waals surface area contributed by atoms with Crippen LogP contribution < -0.4 is 0 Å². The summed E-state index contributed by atoms with van der Waals surface area (Å²) in [6, 6.07) is 0. The molecule has 0 aromatic heterocycles. The van der Waals surface area contributed by atoms with Gasteiger partial charge in [0.25, 0.3) is 0 Å². The first-order valence-corrected chi connectivity index (χ1v) is 6.17. The summed E-state index contributed by atoms with van der Waals surface area (Å²) in [6.07, 6.45) is 4.21. The molecule has 15 heavy (non-hydrogen) atoms. The summed E-state index contributed by atoms with van der Waals surface area (Å²) in [4.78, 5) is 4.59. The highest BCUT2D eigenvalue weighted by Crippen LogP contribution is 2.05. The van der Waals surface area contributed by atoms with E-state index in [1.165, 1.54) is 5.70 Å². The number of likely N-dealkylation sites (N-methyl/N-ethyl adjacent to an activating group) is 2. The molecule has 0 saturated heterocycles. The maximum absolute atomic E-state index is 3.42. The average Bonchev–Trinajstić information content (AvgIpc) is 2.21. The van der Waals surface area contributed by atoms with E-state index >= 15 is 0 Å². The molecule has 0 aliphatic rings. The van der Waals surface area contributed by atoms with E-state index in [9.17, 15) is 0 Å². The van der Waals surface area contributed by atoms with Crippen LogP contribution in [0.4, 0.5) is 0 Å². The van der Waals surface area contributed by atoms with Crippen LogP contribution in [0.15, 0.2) is 22.3 Å². The van der Waals surface area contributed by atoms with E-state index in [1.807, 2.05) is 6.92 Å². The Morgan fingerprint density at radius 1 is 1.13 bits per heavy atom. The third-order valence-electron chi connectivity index (χ3n) is 2.51. The van der Waals surface area contributed by atoms with Crippen molar-refractivity contribution in [2.24, 2.45) is 0 Å². The van der Waals surface area contributed by atoms with E-state index in [1.54, 1.807) is 0 Å². The van der Waals surface area contributed by atoms with Crippen LogP contribution in [0.2, 0.25) is 0 Å². The van der Waals surface area contributed by atoms with Gasteiger partial charge in [0, 0.05) is 25.8 Å². The number of allylic oxidation sites excluding steroid dienone is 4. The maximum Gasteiger partial charge on any atom is 0.0299 e. The Morgan fingerprint density at radius 2 is 1.73 bits per heavy atom. The molecule has 0 aliphatic carbocycles. The lowest BCUT2D eigenvalue weighted by molar-refractivity contribution is 0.297. The topological polar surface area (TPSA) is 6.48 Å². The molecule has 0 aromatic carbocycles. The van der Waals surface area contributed by atoms with E-state index in [0.717, 1.165) is 24.1 Å². The molecule has 0 bridgehead atoms. The van der Waals surface area contributed by atoms with Crippen molar-refractivity contribution in [2.75, 3.05) is 33.7 Å². The van der Waals surface area contributed by atoms with Crippen molar-refractivity contribution < 1.29 is 0 Å². The molecule has 0 saturated carbocycles. The van der Waals surface area contributed by atoms with E-state index in [0.29, 0.717) is 0 Å². The zero-order valence-electron chi connectivity index (χ0n) is 10.5. The zero-order valence-corrected chi connectivity index (χ0v) is 12.1. The van der Waals surface area contributed by atoms with Gasteiger partial charge in [0.15, 0.2) is 0 Å². The SMILES string of the molecule is CCN(C)CCN(C)/C(C)=C/C=C(\C)Br. The molecule has 0 fully saturated rings. The highest BCUT2D eigenvalue weighted by Gasteiger charge is 2.00. The Labute approximate surface area is 103 Å². The molecule has 0 heterocycles. The standard InChI is InChI=1S/C12H23BrN2/c1-6-14(4)9-10-15(5)12(3)8-7-11(2)13/h7-8H,6,9-10H2,1-5H3/b11-7+,12-8+. The summed E-state index contributed by atoms with van der Waals surface area (Å²) in [5, 5.41) is 0. The molecule has 0 rings (SSSR count). The van der Waals surface area contributed by atoms with Crippen molar-refractivity contribution in [3.63, 3.8) is 0 Å². The number of halogens is 1. The number of hydrogen-bond donors (Lipinski definition) is 0. The highest BCUT2D eigenvalue weighted by atomic mass is 79.9. The molecular weight excluding hydrogens is 252 g/mol. The fraction of sp³-hybridized carbons (Fsp3) is 0.667. The maximum atomic E-state index is 3.42. The first kappa shape index (κ1) is 14.7. The van der Waals surface area contributed by atoms with Gasteiger partial charge in [-0.05, 0) is 38.0 Å². The van der Waals surface area contributed by atoms with Gasteiger partial charge in [-0.25, -0.2) is 0 Å². The molecule has 0 amide bonds. The van der Waals surface area contributed by atoms with Crippen molar-refractivity contribution in [1.82, 2.24) is 9.80 Å². The average molecular weight is 275 g/mol. The van der Waals surface area contributed by atoms with Crippen LogP contribution in [0.1, 0.15) is 20.8 Å². The first-order valence-electron chi connectivity index (χ1n) is 5.37. The third-order valence-corrected chi connectivity index (χ3v) is 2.78. The Hall–Kier alpha value is -0.280. The minimum absolute atomic E-state index is 1.07. The van der Waals surface area contributed by atoms with E-state index in [2.05, 4.69) is 65.8 Å². The van der Waals surface area contributed by atoms with Gasteiger partial charge in [-0.3, -0.25) is 0 Å². The molecular formula is C12H23BrN2. The number of hydrogen-bond acceptors (Lipinski definition) is 2. The van der Waals surface area contributed by atoms with Crippen molar-refractivity contribution in [3.05, 3.63) is 22.3 Å². The lowest BCUT2D eigenvalue weighted by Gasteiger charge is -2.23. The molecule has 3 heteroatoms.